The molecule has 0 bridgehead atoms. The van der Waals surface area contributed by atoms with Crippen LogP contribution in [0.5, 0.6) is 0 Å². The summed E-state index contributed by atoms with van der Waals surface area (Å²) in [5.41, 5.74) is 3.93. The van der Waals surface area contributed by atoms with Gasteiger partial charge in [0.1, 0.15) is 5.82 Å². The largest absolute Gasteiger partial charge is 0.367 e. The molecule has 2 nitrogen and oxygen atoms in total. The van der Waals surface area contributed by atoms with Gasteiger partial charge in [-0.25, -0.2) is 4.39 Å². The molecule has 0 aliphatic carbocycles. The summed E-state index contributed by atoms with van der Waals surface area (Å²) in [4.78, 5) is 13.6. The highest BCUT2D eigenvalue weighted by Gasteiger charge is 2.20. The zero-order valence-corrected chi connectivity index (χ0v) is 12.5. The summed E-state index contributed by atoms with van der Waals surface area (Å²) < 4.78 is 13.5. The highest BCUT2D eigenvalue weighted by Crippen LogP contribution is 2.30. The molecule has 108 valence electrons. The molecule has 0 saturated heterocycles. The van der Waals surface area contributed by atoms with Crippen LogP contribution in [0.4, 0.5) is 10.1 Å². The van der Waals surface area contributed by atoms with Gasteiger partial charge < -0.3 is 4.90 Å². The summed E-state index contributed by atoms with van der Waals surface area (Å²) in [7, 11) is 0. The maximum atomic E-state index is 13.5. The number of halogens is 2. The number of nitrogens with zero attached hydrogens (tertiary/aromatic N) is 1. The van der Waals surface area contributed by atoms with Crippen LogP contribution in [0.25, 0.3) is 0 Å². The van der Waals surface area contributed by atoms with E-state index in [0.717, 1.165) is 29.8 Å². The van der Waals surface area contributed by atoms with E-state index in [0.29, 0.717) is 6.54 Å². The number of anilines is 1. The lowest BCUT2D eigenvalue weighted by Gasteiger charge is -2.19. The first-order valence-corrected chi connectivity index (χ1v) is 7.25. The van der Waals surface area contributed by atoms with Crippen molar-refractivity contribution in [3.63, 3.8) is 0 Å². The lowest BCUT2D eigenvalue weighted by Crippen LogP contribution is -2.19. The van der Waals surface area contributed by atoms with Crippen LogP contribution in [0.2, 0.25) is 5.02 Å². The standard InChI is InChI=1S/C17H15ClFNO/c1-11(21)13-3-5-17-14(9-13)6-7-20(17)10-12-2-4-15(18)16(19)8-12/h2-5,8-9H,6-7,10H2,1H3. The SMILES string of the molecule is CC(=O)c1ccc2c(c1)CCN2Cc1ccc(Cl)c(F)c1. The first-order valence-electron chi connectivity index (χ1n) is 6.87. The van der Waals surface area contributed by atoms with E-state index in [1.54, 1.807) is 13.0 Å². The fourth-order valence-electron chi connectivity index (χ4n) is 2.71. The van der Waals surface area contributed by atoms with Crippen molar-refractivity contribution in [1.29, 1.82) is 0 Å². The third-order valence-electron chi connectivity index (χ3n) is 3.84. The summed E-state index contributed by atoms with van der Waals surface area (Å²) in [6.45, 7) is 3.09. The fourth-order valence-corrected chi connectivity index (χ4v) is 2.83. The Bertz CT molecular complexity index is 714. The van der Waals surface area contributed by atoms with Gasteiger partial charge >= 0.3 is 0 Å². The lowest BCUT2D eigenvalue weighted by molar-refractivity contribution is 0.101. The van der Waals surface area contributed by atoms with Gasteiger partial charge in [-0.1, -0.05) is 17.7 Å². The second kappa shape index (κ2) is 5.49. The van der Waals surface area contributed by atoms with E-state index in [9.17, 15) is 9.18 Å². The number of ketones is 1. The van der Waals surface area contributed by atoms with Crippen LogP contribution < -0.4 is 4.90 Å². The van der Waals surface area contributed by atoms with Crippen molar-refractivity contribution in [3.05, 3.63) is 63.9 Å². The van der Waals surface area contributed by atoms with Crippen molar-refractivity contribution in [2.45, 2.75) is 19.9 Å². The Labute approximate surface area is 128 Å². The van der Waals surface area contributed by atoms with Crippen molar-refractivity contribution in [2.75, 3.05) is 11.4 Å². The third-order valence-corrected chi connectivity index (χ3v) is 4.14. The van der Waals surface area contributed by atoms with E-state index in [1.165, 1.54) is 11.6 Å². The predicted molar refractivity (Wildman–Crippen MR) is 82.6 cm³/mol. The molecule has 0 spiro atoms. The highest BCUT2D eigenvalue weighted by atomic mass is 35.5. The molecule has 4 heteroatoms. The lowest BCUT2D eigenvalue weighted by atomic mass is 10.1. The van der Waals surface area contributed by atoms with Gasteiger partial charge in [0.25, 0.3) is 0 Å². The summed E-state index contributed by atoms with van der Waals surface area (Å²) in [5, 5.41) is 0.145. The second-order valence-corrected chi connectivity index (χ2v) is 5.73. The molecule has 1 aliphatic rings. The second-order valence-electron chi connectivity index (χ2n) is 5.32. The van der Waals surface area contributed by atoms with E-state index >= 15 is 0 Å². The average molecular weight is 304 g/mol. The van der Waals surface area contributed by atoms with Gasteiger partial charge in [0.15, 0.2) is 5.78 Å². The first-order chi connectivity index (χ1) is 10.0. The van der Waals surface area contributed by atoms with Gasteiger partial charge in [-0.05, 0) is 54.8 Å². The predicted octanol–water partition coefficient (Wildman–Crippen LogP) is 4.24. The minimum atomic E-state index is -0.388. The van der Waals surface area contributed by atoms with E-state index in [4.69, 9.17) is 11.6 Å². The van der Waals surface area contributed by atoms with E-state index in [-0.39, 0.29) is 16.6 Å². The number of benzene rings is 2. The Morgan fingerprint density at radius 2 is 2.10 bits per heavy atom. The Kier molecular flexibility index (Phi) is 3.68. The summed E-state index contributed by atoms with van der Waals surface area (Å²) >= 11 is 5.70. The molecule has 2 aromatic carbocycles. The van der Waals surface area contributed by atoms with Crippen molar-refractivity contribution in [1.82, 2.24) is 0 Å². The molecule has 2 aromatic rings. The van der Waals surface area contributed by atoms with Crippen LogP contribution in [0.15, 0.2) is 36.4 Å². The Morgan fingerprint density at radius 3 is 2.81 bits per heavy atom. The van der Waals surface area contributed by atoms with Crippen LogP contribution in [0, 0.1) is 5.82 Å². The molecular formula is C17H15ClFNO. The highest BCUT2D eigenvalue weighted by molar-refractivity contribution is 6.30. The minimum Gasteiger partial charge on any atom is -0.367 e. The van der Waals surface area contributed by atoms with E-state index in [1.807, 2.05) is 24.3 Å². The Balaban J connectivity index is 1.84. The number of carbonyl (C=O) groups is 1. The molecule has 21 heavy (non-hydrogen) atoms. The molecule has 0 amide bonds. The van der Waals surface area contributed by atoms with Gasteiger partial charge in [0, 0.05) is 24.3 Å². The quantitative estimate of drug-likeness (QED) is 0.790. The molecular weight excluding hydrogens is 289 g/mol. The molecule has 0 fully saturated rings. The van der Waals surface area contributed by atoms with Crippen molar-refractivity contribution >= 4 is 23.1 Å². The van der Waals surface area contributed by atoms with Gasteiger partial charge in [-0.15, -0.1) is 0 Å². The van der Waals surface area contributed by atoms with Gasteiger partial charge in [0.05, 0.1) is 5.02 Å². The van der Waals surface area contributed by atoms with Gasteiger partial charge in [0.2, 0.25) is 0 Å². The van der Waals surface area contributed by atoms with Crippen LogP contribution in [0.1, 0.15) is 28.4 Å². The van der Waals surface area contributed by atoms with Gasteiger partial charge in [-0.3, -0.25) is 4.79 Å². The number of fused-ring (bicyclic) bond motifs is 1. The van der Waals surface area contributed by atoms with Crippen molar-refractivity contribution < 1.29 is 9.18 Å². The molecule has 3 rings (SSSR count). The van der Waals surface area contributed by atoms with Crippen LogP contribution in [-0.4, -0.2) is 12.3 Å². The normalized spacial score (nSPS) is 13.4. The zero-order valence-electron chi connectivity index (χ0n) is 11.7. The van der Waals surface area contributed by atoms with E-state index in [2.05, 4.69) is 4.90 Å². The summed E-state index contributed by atoms with van der Waals surface area (Å²) in [6.07, 6.45) is 0.909. The number of rotatable bonds is 3. The maximum Gasteiger partial charge on any atom is 0.159 e. The molecule has 0 aromatic heterocycles. The first kappa shape index (κ1) is 14.1. The van der Waals surface area contributed by atoms with Crippen molar-refractivity contribution in [2.24, 2.45) is 0 Å². The van der Waals surface area contributed by atoms with Gasteiger partial charge in [-0.2, -0.15) is 0 Å². The van der Waals surface area contributed by atoms with Crippen LogP contribution in [-0.2, 0) is 13.0 Å². The Hall–Kier alpha value is -1.87. The molecule has 0 saturated carbocycles. The average Bonchev–Trinajstić information content (AvgIpc) is 2.85. The molecule has 0 unspecified atom stereocenters. The van der Waals surface area contributed by atoms with Crippen LogP contribution >= 0.6 is 11.6 Å². The molecule has 0 N–H and O–H groups in total. The molecule has 0 radical (unpaired) electrons. The number of hydrogen-bond acceptors (Lipinski definition) is 2. The number of carbonyl (C=O) groups excluding carboxylic acids is 1. The zero-order chi connectivity index (χ0) is 15.0. The third kappa shape index (κ3) is 2.79. The van der Waals surface area contributed by atoms with Crippen molar-refractivity contribution in [3.8, 4) is 0 Å². The smallest absolute Gasteiger partial charge is 0.159 e. The number of hydrogen-bond donors (Lipinski definition) is 0. The number of Topliss-reactive ketones (excluding diaryl/α,β-unsaturated/α-hetero) is 1. The molecule has 1 heterocycles. The topological polar surface area (TPSA) is 20.3 Å². The maximum absolute atomic E-state index is 13.5. The minimum absolute atomic E-state index is 0.0797. The monoisotopic (exact) mass is 303 g/mol. The summed E-state index contributed by atoms with van der Waals surface area (Å²) in [6, 6.07) is 10.7. The van der Waals surface area contributed by atoms with E-state index < -0.39 is 0 Å². The fraction of sp³-hybridized carbons (Fsp3) is 0.235. The molecule has 0 atom stereocenters. The Morgan fingerprint density at radius 1 is 1.29 bits per heavy atom. The summed E-state index contributed by atoms with van der Waals surface area (Å²) in [5.74, 6) is -0.309. The van der Waals surface area contributed by atoms with Crippen LogP contribution in [0.3, 0.4) is 0 Å². The molecule has 1 aliphatic heterocycles.